The van der Waals surface area contributed by atoms with Gasteiger partial charge in [0.1, 0.15) is 5.01 Å². The molecule has 0 aliphatic heterocycles. The van der Waals surface area contributed by atoms with E-state index in [0.29, 0.717) is 5.92 Å². The average molecular weight is 258 g/mol. The maximum Gasteiger partial charge on any atom is 0.123 e. The minimum atomic E-state index is 0.714. The van der Waals surface area contributed by atoms with Gasteiger partial charge < -0.3 is 5.32 Å². The van der Waals surface area contributed by atoms with Crippen molar-refractivity contribution in [2.45, 2.75) is 31.6 Å². The van der Waals surface area contributed by atoms with E-state index in [2.05, 4.69) is 35.0 Å². The van der Waals surface area contributed by atoms with Crippen LogP contribution in [0.15, 0.2) is 29.6 Å². The third-order valence-electron chi connectivity index (χ3n) is 3.72. The van der Waals surface area contributed by atoms with Crippen molar-refractivity contribution in [3.05, 3.63) is 35.3 Å². The first-order chi connectivity index (χ1) is 8.86. The number of anilines is 1. The van der Waals surface area contributed by atoms with Crippen LogP contribution in [0.25, 0.3) is 10.6 Å². The summed E-state index contributed by atoms with van der Waals surface area (Å²) in [6, 6.07) is 8.49. The van der Waals surface area contributed by atoms with Crippen molar-refractivity contribution in [1.82, 2.24) is 4.98 Å². The van der Waals surface area contributed by atoms with Gasteiger partial charge in [0.15, 0.2) is 0 Å². The summed E-state index contributed by atoms with van der Waals surface area (Å²) in [6.07, 6.45) is 5.38. The third-order valence-corrected chi connectivity index (χ3v) is 4.63. The number of benzene rings is 1. The van der Waals surface area contributed by atoms with Gasteiger partial charge in [-0.2, -0.15) is 0 Å². The highest BCUT2D eigenvalue weighted by molar-refractivity contribution is 7.13. The Hall–Kier alpha value is -1.35. The summed E-state index contributed by atoms with van der Waals surface area (Å²) in [7, 11) is 1.94. The van der Waals surface area contributed by atoms with Gasteiger partial charge in [0.25, 0.3) is 0 Å². The highest BCUT2D eigenvalue weighted by Crippen LogP contribution is 2.36. The molecule has 0 saturated heterocycles. The van der Waals surface area contributed by atoms with Crippen LogP contribution >= 0.6 is 11.3 Å². The Labute approximate surface area is 112 Å². The summed E-state index contributed by atoms with van der Waals surface area (Å²) in [6.45, 7) is 0. The molecule has 1 aromatic carbocycles. The Kier molecular flexibility index (Phi) is 3.33. The van der Waals surface area contributed by atoms with E-state index in [9.17, 15) is 0 Å². The molecular formula is C15H18N2S. The number of thiazole rings is 1. The van der Waals surface area contributed by atoms with Gasteiger partial charge in [-0.1, -0.05) is 12.8 Å². The Morgan fingerprint density at radius 1 is 1.17 bits per heavy atom. The molecule has 0 bridgehead atoms. The van der Waals surface area contributed by atoms with Gasteiger partial charge in [0.2, 0.25) is 0 Å². The predicted molar refractivity (Wildman–Crippen MR) is 78.3 cm³/mol. The summed E-state index contributed by atoms with van der Waals surface area (Å²) < 4.78 is 0. The summed E-state index contributed by atoms with van der Waals surface area (Å²) in [4.78, 5) is 4.82. The second-order valence-corrected chi connectivity index (χ2v) is 5.74. The SMILES string of the molecule is CNc1ccc(-c2nc(C3CCCC3)cs2)cc1. The van der Waals surface area contributed by atoms with Gasteiger partial charge in [-0.15, -0.1) is 11.3 Å². The summed E-state index contributed by atoms with van der Waals surface area (Å²) >= 11 is 1.77. The van der Waals surface area contributed by atoms with Gasteiger partial charge in [-0.3, -0.25) is 0 Å². The number of hydrogen-bond donors (Lipinski definition) is 1. The first-order valence-electron chi connectivity index (χ1n) is 6.60. The van der Waals surface area contributed by atoms with Crippen LogP contribution in [-0.2, 0) is 0 Å². The molecule has 94 valence electrons. The third kappa shape index (κ3) is 2.27. The lowest BCUT2D eigenvalue weighted by Crippen LogP contribution is -1.92. The van der Waals surface area contributed by atoms with Crippen LogP contribution in [0.3, 0.4) is 0 Å². The molecule has 0 spiro atoms. The predicted octanol–water partition coefficient (Wildman–Crippen LogP) is 4.51. The van der Waals surface area contributed by atoms with E-state index >= 15 is 0 Å². The fourth-order valence-electron chi connectivity index (χ4n) is 2.61. The van der Waals surface area contributed by atoms with E-state index in [1.807, 2.05) is 7.05 Å². The van der Waals surface area contributed by atoms with Gasteiger partial charge in [-0.25, -0.2) is 4.98 Å². The van der Waals surface area contributed by atoms with Crippen molar-refractivity contribution in [3.63, 3.8) is 0 Å². The van der Waals surface area contributed by atoms with E-state index in [1.165, 1.54) is 36.9 Å². The van der Waals surface area contributed by atoms with Crippen molar-refractivity contribution in [1.29, 1.82) is 0 Å². The van der Waals surface area contributed by atoms with Crippen molar-refractivity contribution in [2.75, 3.05) is 12.4 Å². The molecule has 3 rings (SSSR count). The molecule has 1 heterocycles. The van der Waals surface area contributed by atoms with E-state index in [4.69, 9.17) is 4.98 Å². The lowest BCUT2D eigenvalue weighted by molar-refractivity contribution is 0.704. The van der Waals surface area contributed by atoms with Crippen molar-refractivity contribution in [3.8, 4) is 10.6 Å². The minimum Gasteiger partial charge on any atom is -0.388 e. The Bertz CT molecular complexity index is 510. The molecule has 0 unspecified atom stereocenters. The molecule has 1 saturated carbocycles. The summed E-state index contributed by atoms with van der Waals surface area (Å²) in [5.41, 5.74) is 3.68. The second-order valence-electron chi connectivity index (χ2n) is 4.89. The van der Waals surface area contributed by atoms with Gasteiger partial charge in [0, 0.05) is 29.6 Å². The van der Waals surface area contributed by atoms with E-state index in [-0.39, 0.29) is 0 Å². The smallest absolute Gasteiger partial charge is 0.123 e. The monoisotopic (exact) mass is 258 g/mol. The standard InChI is InChI=1S/C15H18N2S/c1-16-13-8-6-12(7-9-13)15-17-14(10-18-15)11-4-2-3-5-11/h6-11,16H,2-5H2,1H3. The van der Waals surface area contributed by atoms with Crippen LogP contribution < -0.4 is 5.32 Å². The summed E-state index contributed by atoms with van der Waals surface area (Å²) in [5, 5.41) is 6.54. The molecule has 0 atom stereocenters. The topological polar surface area (TPSA) is 24.9 Å². The van der Waals surface area contributed by atoms with E-state index in [1.54, 1.807) is 11.3 Å². The zero-order valence-electron chi connectivity index (χ0n) is 10.6. The molecule has 0 amide bonds. The quantitative estimate of drug-likeness (QED) is 0.876. The minimum absolute atomic E-state index is 0.714. The van der Waals surface area contributed by atoms with Crippen molar-refractivity contribution >= 4 is 17.0 Å². The van der Waals surface area contributed by atoms with E-state index in [0.717, 1.165) is 10.7 Å². The maximum absolute atomic E-state index is 4.82. The molecule has 0 radical (unpaired) electrons. The van der Waals surface area contributed by atoms with Gasteiger partial charge >= 0.3 is 0 Å². The number of nitrogens with zero attached hydrogens (tertiary/aromatic N) is 1. The largest absolute Gasteiger partial charge is 0.388 e. The first-order valence-corrected chi connectivity index (χ1v) is 7.48. The number of rotatable bonds is 3. The van der Waals surface area contributed by atoms with Gasteiger partial charge in [0.05, 0.1) is 5.69 Å². The number of aromatic nitrogens is 1. The van der Waals surface area contributed by atoms with Gasteiger partial charge in [-0.05, 0) is 37.1 Å². The molecule has 2 aromatic rings. The molecule has 18 heavy (non-hydrogen) atoms. The van der Waals surface area contributed by atoms with E-state index < -0.39 is 0 Å². The fraction of sp³-hybridized carbons (Fsp3) is 0.400. The zero-order valence-corrected chi connectivity index (χ0v) is 11.5. The molecule has 1 N–H and O–H groups in total. The van der Waals surface area contributed by atoms with Crippen LogP contribution in [-0.4, -0.2) is 12.0 Å². The number of hydrogen-bond acceptors (Lipinski definition) is 3. The Morgan fingerprint density at radius 2 is 1.89 bits per heavy atom. The van der Waals surface area contributed by atoms with Crippen molar-refractivity contribution < 1.29 is 0 Å². The van der Waals surface area contributed by atoms with Crippen LogP contribution in [0.5, 0.6) is 0 Å². The Morgan fingerprint density at radius 3 is 2.56 bits per heavy atom. The first kappa shape index (κ1) is 11.7. The molecule has 1 aliphatic carbocycles. The molecule has 1 aliphatic rings. The van der Waals surface area contributed by atoms with Crippen LogP contribution in [0, 0.1) is 0 Å². The molecular weight excluding hydrogens is 240 g/mol. The maximum atomic E-state index is 4.82. The summed E-state index contributed by atoms with van der Waals surface area (Å²) in [5.74, 6) is 0.714. The van der Waals surface area contributed by atoms with Crippen molar-refractivity contribution in [2.24, 2.45) is 0 Å². The molecule has 1 fully saturated rings. The molecule has 1 aromatic heterocycles. The van der Waals surface area contributed by atoms with Crippen LogP contribution in [0.4, 0.5) is 5.69 Å². The fourth-order valence-corrected chi connectivity index (χ4v) is 3.52. The molecule has 2 nitrogen and oxygen atoms in total. The van der Waals surface area contributed by atoms with Crippen LogP contribution in [0.2, 0.25) is 0 Å². The lowest BCUT2D eigenvalue weighted by Gasteiger charge is -2.03. The highest BCUT2D eigenvalue weighted by atomic mass is 32.1. The van der Waals surface area contributed by atoms with Crippen LogP contribution in [0.1, 0.15) is 37.3 Å². The lowest BCUT2D eigenvalue weighted by atomic mass is 10.1. The highest BCUT2D eigenvalue weighted by Gasteiger charge is 2.19. The Balaban J connectivity index is 1.82. The normalized spacial score (nSPS) is 16.1. The molecule has 3 heteroatoms. The average Bonchev–Trinajstić information content (AvgIpc) is 3.09. The zero-order chi connectivity index (χ0) is 12.4. The number of nitrogens with one attached hydrogen (secondary N) is 1. The second kappa shape index (κ2) is 5.11.